The van der Waals surface area contributed by atoms with E-state index in [2.05, 4.69) is 21.2 Å². The van der Waals surface area contributed by atoms with E-state index in [1.807, 2.05) is 12.1 Å². The summed E-state index contributed by atoms with van der Waals surface area (Å²) in [5, 5.41) is 3.28. The number of fused-ring (bicyclic) bond motifs is 1. The van der Waals surface area contributed by atoms with Crippen LogP contribution in [0.4, 0.5) is 10.1 Å². The second-order valence-electron chi connectivity index (χ2n) is 6.68. The van der Waals surface area contributed by atoms with Crippen LogP contribution in [0.2, 0.25) is 5.02 Å². The standard InChI is InChI=1S/C22H15BrClFN2O2/c23-15-6-9-19-18(11-15)21(13-4-7-17(25)8-5-13)27(12-20(28)26-19)22(29)14-2-1-3-16(24)10-14/h1-11,21H,12H2,(H,26,28)/t21-/m1/s1. The normalized spacial score (nSPS) is 16.0. The third-order valence-electron chi connectivity index (χ3n) is 4.73. The van der Waals surface area contributed by atoms with Gasteiger partial charge in [0.15, 0.2) is 0 Å². The quantitative estimate of drug-likeness (QED) is 0.540. The van der Waals surface area contributed by atoms with Crippen LogP contribution in [0.3, 0.4) is 0 Å². The monoisotopic (exact) mass is 472 g/mol. The molecular formula is C22H15BrClFN2O2. The van der Waals surface area contributed by atoms with Crippen molar-refractivity contribution in [3.63, 3.8) is 0 Å². The average molecular weight is 474 g/mol. The van der Waals surface area contributed by atoms with Gasteiger partial charge in [-0.05, 0) is 54.1 Å². The summed E-state index contributed by atoms with van der Waals surface area (Å²) < 4.78 is 14.4. The molecule has 0 unspecified atom stereocenters. The molecule has 7 heteroatoms. The summed E-state index contributed by atoms with van der Waals surface area (Å²) in [5.74, 6) is -1.03. The minimum atomic E-state index is -0.589. The zero-order valence-electron chi connectivity index (χ0n) is 15.0. The van der Waals surface area contributed by atoms with E-state index >= 15 is 0 Å². The molecule has 1 aliphatic rings. The van der Waals surface area contributed by atoms with Gasteiger partial charge < -0.3 is 10.2 Å². The highest BCUT2D eigenvalue weighted by Crippen LogP contribution is 2.38. The van der Waals surface area contributed by atoms with Gasteiger partial charge in [0, 0.05) is 26.3 Å². The molecule has 0 fully saturated rings. The third kappa shape index (κ3) is 4.04. The van der Waals surface area contributed by atoms with Gasteiger partial charge in [-0.1, -0.05) is 45.7 Å². The SMILES string of the molecule is O=C1CN(C(=O)c2cccc(Cl)c2)[C@H](c2ccc(F)cc2)c2cc(Br)ccc2N1. The Hall–Kier alpha value is -2.70. The highest BCUT2D eigenvalue weighted by Gasteiger charge is 2.34. The van der Waals surface area contributed by atoms with Gasteiger partial charge in [0.2, 0.25) is 5.91 Å². The van der Waals surface area contributed by atoms with Crippen LogP contribution in [-0.4, -0.2) is 23.3 Å². The maximum atomic E-state index is 13.6. The second kappa shape index (κ2) is 7.97. The third-order valence-corrected chi connectivity index (χ3v) is 5.45. The first-order chi connectivity index (χ1) is 13.9. The summed E-state index contributed by atoms with van der Waals surface area (Å²) in [5.41, 5.74) is 2.40. The zero-order valence-corrected chi connectivity index (χ0v) is 17.4. The van der Waals surface area contributed by atoms with Crippen molar-refractivity contribution in [2.75, 3.05) is 11.9 Å². The Labute approximate surface area is 180 Å². The van der Waals surface area contributed by atoms with Crippen molar-refractivity contribution in [2.45, 2.75) is 6.04 Å². The van der Waals surface area contributed by atoms with E-state index in [-0.39, 0.29) is 24.2 Å². The van der Waals surface area contributed by atoms with Gasteiger partial charge in [-0.2, -0.15) is 0 Å². The van der Waals surface area contributed by atoms with Gasteiger partial charge in [-0.25, -0.2) is 4.39 Å². The Morgan fingerprint density at radius 1 is 1.10 bits per heavy atom. The number of nitrogens with one attached hydrogen (secondary N) is 1. The first-order valence-electron chi connectivity index (χ1n) is 8.83. The number of carbonyl (C=O) groups is 2. The number of hydrogen-bond donors (Lipinski definition) is 1. The van der Waals surface area contributed by atoms with Gasteiger partial charge in [0.1, 0.15) is 12.4 Å². The maximum Gasteiger partial charge on any atom is 0.255 e. The van der Waals surface area contributed by atoms with Crippen LogP contribution in [0.15, 0.2) is 71.2 Å². The lowest BCUT2D eigenvalue weighted by Crippen LogP contribution is -2.39. The summed E-state index contributed by atoms with van der Waals surface area (Å²) in [6.45, 7) is -0.153. The van der Waals surface area contributed by atoms with Gasteiger partial charge in [-0.3, -0.25) is 9.59 Å². The Morgan fingerprint density at radius 2 is 1.86 bits per heavy atom. The summed E-state index contributed by atoms with van der Waals surface area (Å²) in [4.78, 5) is 27.4. The lowest BCUT2D eigenvalue weighted by molar-refractivity contribution is -0.117. The van der Waals surface area contributed by atoms with E-state index in [1.54, 1.807) is 42.5 Å². The van der Waals surface area contributed by atoms with E-state index in [0.717, 1.165) is 10.0 Å². The fourth-order valence-electron chi connectivity index (χ4n) is 3.46. The fraction of sp³-hybridized carbons (Fsp3) is 0.0909. The molecule has 146 valence electrons. The summed E-state index contributed by atoms with van der Waals surface area (Å²) in [6.07, 6.45) is 0. The molecule has 0 saturated carbocycles. The highest BCUT2D eigenvalue weighted by molar-refractivity contribution is 9.10. The first kappa shape index (κ1) is 19.6. The van der Waals surface area contributed by atoms with Crippen LogP contribution in [0, 0.1) is 5.82 Å². The van der Waals surface area contributed by atoms with Crippen LogP contribution in [0.25, 0.3) is 0 Å². The largest absolute Gasteiger partial charge is 0.324 e. The molecule has 0 aliphatic carbocycles. The number of amides is 2. The topological polar surface area (TPSA) is 49.4 Å². The van der Waals surface area contributed by atoms with E-state index in [4.69, 9.17) is 11.6 Å². The molecule has 1 N–H and O–H groups in total. The van der Waals surface area contributed by atoms with Crippen molar-refractivity contribution in [3.8, 4) is 0 Å². The van der Waals surface area contributed by atoms with Crippen LogP contribution in [0.5, 0.6) is 0 Å². The molecule has 4 nitrogen and oxygen atoms in total. The van der Waals surface area contributed by atoms with E-state index in [9.17, 15) is 14.0 Å². The minimum Gasteiger partial charge on any atom is -0.324 e. The second-order valence-corrected chi connectivity index (χ2v) is 8.03. The van der Waals surface area contributed by atoms with E-state index < -0.39 is 6.04 Å². The molecule has 29 heavy (non-hydrogen) atoms. The molecule has 1 heterocycles. The highest BCUT2D eigenvalue weighted by atomic mass is 79.9. The lowest BCUT2D eigenvalue weighted by Gasteiger charge is -2.31. The first-order valence-corrected chi connectivity index (χ1v) is 10.0. The molecule has 0 radical (unpaired) electrons. The molecule has 1 aliphatic heterocycles. The van der Waals surface area contributed by atoms with Crippen LogP contribution < -0.4 is 5.32 Å². The van der Waals surface area contributed by atoms with Crippen molar-refractivity contribution in [3.05, 3.63) is 98.7 Å². The number of halogens is 3. The Morgan fingerprint density at radius 3 is 2.59 bits per heavy atom. The molecule has 3 aromatic rings. The van der Waals surface area contributed by atoms with Crippen molar-refractivity contribution >= 4 is 45.0 Å². The van der Waals surface area contributed by atoms with Gasteiger partial charge >= 0.3 is 0 Å². The molecule has 3 aromatic carbocycles. The van der Waals surface area contributed by atoms with E-state index in [1.165, 1.54) is 17.0 Å². The molecule has 2 amide bonds. The molecule has 1 atom stereocenters. The molecule has 0 aromatic heterocycles. The smallest absolute Gasteiger partial charge is 0.255 e. The van der Waals surface area contributed by atoms with Gasteiger partial charge in [0.05, 0.1) is 6.04 Å². The summed E-state index contributed by atoms with van der Waals surface area (Å²) >= 11 is 9.52. The Bertz CT molecular complexity index is 1100. The van der Waals surface area contributed by atoms with Gasteiger partial charge in [0.25, 0.3) is 5.91 Å². The van der Waals surface area contributed by atoms with Crippen molar-refractivity contribution < 1.29 is 14.0 Å². The number of benzene rings is 3. The van der Waals surface area contributed by atoms with Crippen LogP contribution >= 0.6 is 27.5 Å². The summed E-state index contributed by atoms with van der Waals surface area (Å²) in [7, 11) is 0. The number of anilines is 1. The number of rotatable bonds is 2. The Kier molecular flexibility index (Phi) is 5.39. The van der Waals surface area contributed by atoms with Crippen molar-refractivity contribution in [1.82, 2.24) is 4.90 Å². The Balaban J connectivity index is 1.90. The van der Waals surface area contributed by atoms with Gasteiger partial charge in [-0.15, -0.1) is 0 Å². The molecule has 0 spiro atoms. The number of hydrogen-bond acceptors (Lipinski definition) is 2. The summed E-state index contributed by atoms with van der Waals surface area (Å²) in [6, 6.07) is 17.4. The fourth-order valence-corrected chi connectivity index (χ4v) is 4.03. The van der Waals surface area contributed by atoms with Crippen LogP contribution in [0.1, 0.15) is 27.5 Å². The number of nitrogens with zero attached hydrogens (tertiary/aromatic N) is 1. The van der Waals surface area contributed by atoms with E-state index in [0.29, 0.717) is 21.8 Å². The number of carbonyl (C=O) groups excluding carboxylic acids is 2. The van der Waals surface area contributed by atoms with Crippen molar-refractivity contribution in [2.24, 2.45) is 0 Å². The molecule has 4 rings (SSSR count). The average Bonchev–Trinajstić information content (AvgIpc) is 2.84. The molecular weight excluding hydrogens is 459 g/mol. The predicted molar refractivity (Wildman–Crippen MR) is 114 cm³/mol. The predicted octanol–water partition coefficient (Wildman–Crippen LogP) is 5.43. The maximum absolute atomic E-state index is 13.6. The van der Waals surface area contributed by atoms with Crippen molar-refractivity contribution in [1.29, 1.82) is 0 Å². The molecule has 0 bridgehead atoms. The zero-order chi connectivity index (χ0) is 20.5. The molecule has 0 saturated heterocycles. The lowest BCUT2D eigenvalue weighted by atomic mass is 9.95. The van der Waals surface area contributed by atoms with Crippen LogP contribution in [-0.2, 0) is 4.79 Å². The minimum absolute atomic E-state index is 0.153.